The molecule has 0 aliphatic heterocycles. The summed E-state index contributed by atoms with van der Waals surface area (Å²) in [4.78, 5) is 26.0. The van der Waals surface area contributed by atoms with Crippen molar-refractivity contribution in [1.82, 2.24) is 10.3 Å². The van der Waals surface area contributed by atoms with Crippen molar-refractivity contribution in [3.63, 3.8) is 0 Å². The minimum absolute atomic E-state index is 0.193. The van der Waals surface area contributed by atoms with Gasteiger partial charge in [-0.3, -0.25) is 9.59 Å². The summed E-state index contributed by atoms with van der Waals surface area (Å²) < 4.78 is 0. The third-order valence-corrected chi connectivity index (χ3v) is 3.42. The summed E-state index contributed by atoms with van der Waals surface area (Å²) in [5, 5.41) is 2.84. The molecular weight excluding hydrogens is 216 g/mol. The van der Waals surface area contributed by atoms with Crippen LogP contribution in [-0.4, -0.2) is 17.4 Å². The van der Waals surface area contributed by atoms with Crippen molar-refractivity contribution in [2.24, 2.45) is 11.8 Å². The first-order valence-electron chi connectivity index (χ1n) is 6.12. The molecule has 1 amide bonds. The number of carbonyl (C=O) groups excluding carboxylic acids is 1. The van der Waals surface area contributed by atoms with Crippen molar-refractivity contribution in [2.75, 3.05) is 6.54 Å². The summed E-state index contributed by atoms with van der Waals surface area (Å²) in [6.45, 7) is 2.92. The molecule has 0 radical (unpaired) electrons. The molecule has 1 saturated carbocycles. The smallest absolute Gasteiger partial charge is 0.256 e. The summed E-state index contributed by atoms with van der Waals surface area (Å²) in [6, 6.07) is 1.37. The summed E-state index contributed by atoms with van der Waals surface area (Å²) in [5.74, 6) is 1.06. The molecule has 2 unspecified atom stereocenters. The number of aromatic amines is 1. The summed E-state index contributed by atoms with van der Waals surface area (Å²) in [6.07, 6.45) is 6.57. The number of H-pyrrole nitrogens is 1. The summed E-state index contributed by atoms with van der Waals surface area (Å²) in [7, 11) is 0. The number of nitrogens with one attached hydrogen (secondary N) is 2. The molecule has 0 aromatic carbocycles. The molecule has 4 nitrogen and oxygen atoms in total. The molecule has 92 valence electrons. The highest BCUT2D eigenvalue weighted by Crippen LogP contribution is 2.29. The third kappa shape index (κ3) is 2.96. The van der Waals surface area contributed by atoms with E-state index in [2.05, 4.69) is 17.2 Å². The predicted molar refractivity (Wildman–Crippen MR) is 65.9 cm³/mol. The van der Waals surface area contributed by atoms with E-state index in [1.165, 1.54) is 37.7 Å². The standard InChI is InChI=1S/C13H18N2O2/c1-9-2-3-10(6-9)7-15-13(17)11-8-14-5-4-12(11)16/h4-5,8-10H,2-3,6-7H2,1H3,(H,14,16)(H,15,17). The van der Waals surface area contributed by atoms with Crippen molar-refractivity contribution >= 4 is 5.91 Å². The van der Waals surface area contributed by atoms with Gasteiger partial charge < -0.3 is 10.3 Å². The number of rotatable bonds is 3. The topological polar surface area (TPSA) is 62.0 Å². The van der Waals surface area contributed by atoms with E-state index in [4.69, 9.17) is 0 Å². The fourth-order valence-corrected chi connectivity index (χ4v) is 2.44. The second-order valence-corrected chi connectivity index (χ2v) is 4.92. The molecule has 1 aromatic heterocycles. The summed E-state index contributed by atoms with van der Waals surface area (Å²) >= 11 is 0. The molecule has 2 rings (SSSR count). The SMILES string of the molecule is CC1CCC(CNC(=O)c2c[nH]ccc2=O)C1. The Labute approximate surface area is 100 Å². The van der Waals surface area contributed by atoms with Gasteiger partial charge >= 0.3 is 0 Å². The normalized spacial score (nSPS) is 23.6. The fraction of sp³-hybridized carbons (Fsp3) is 0.538. The van der Waals surface area contributed by atoms with Crippen LogP contribution >= 0.6 is 0 Å². The zero-order valence-electron chi connectivity index (χ0n) is 10.0. The fourth-order valence-electron chi connectivity index (χ4n) is 2.44. The van der Waals surface area contributed by atoms with Crippen LogP contribution < -0.4 is 10.7 Å². The molecule has 1 aromatic rings. The van der Waals surface area contributed by atoms with Gasteiger partial charge in [-0.1, -0.05) is 13.3 Å². The number of hydrogen-bond donors (Lipinski definition) is 2. The van der Waals surface area contributed by atoms with Gasteiger partial charge in [-0.05, 0) is 24.7 Å². The largest absolute Gasteiger partial charge is 0.367 e. The Morgan fingerprint density at radius 1 is 1.53 bits per heavy atom. The van der Waals surface area contributed by atoms with Gasteiger partial charge in [0.15, 0.2) is 5.43 Å². The quantitative estimate of drug-likeness (QED) is 0.833. The van der Waals surface area contributed by atoms with Crippen LogP contribution in [-0.2, 0) is 0 Å². The van der Waals surface area contributed by atoms with Crippen LogP contribution in [0.4, 0.5) is 0 Å². The lowest BCUT2D eigenvalue weighted by Gasteiger charge is -2.10. The highest BCUT2D eigenvalue weighted by atomic mass is 16.2. The molecule has 0 bridgehead atoms. The van der Waals surface area contributed by atoms with E-state index in [1.54, 1.807) is 0 Å². The van der Waals surface area contributed by atoms with Gasteiger partial charge in [0.2, 0.25) is 0 Å². The van der Waals surface area contributed by atoms with E-state index in [9.17, 15) is 9.59 Å². The van der Waals surface area contributed by atoms with Gasteiger partial charge in [0.1, 0.15) is 5.56 Å². The average Bonchev–Trinajstić information content (AvgIpc) is 2.73. The maximum absolute atomic E-state index is 11.8. The Hall–Kier alpha value is -1.58. The van der Waals surface area contributed by atoms with Crippen molar-refractivity contribution in [3.8, 4) is 0 Å². The van der Waals surface area contributed by atoms with Gasteiger partial charge in [0.05, 0.1) is 0 Å². The highest BCUT2D eigenvalue weighted by Gasteiger charge is 2.22. The number of hydrogen-bond acceptors (Lipinski definition) is 2. The maximum atomic E-state index is 11.8. The molecule has 1 aliphatic rings. The van der Waals surface area contributed by atoms with Crippen LogP contribution in [0.1, 0.15) is 36.5 Å². The van der Waals surface area contributed by atoms with Crippen molar-refractivity contribution < 1.29 is 4.79 Å². The Morgan fingerprint density at radius 3 is 3.00 bits per heavy atom. The van der Waals surface area contributed by atoms with Crippen molar-refractivity contribution in [2.45, 2.75) is 26.2 Å². The molecule has 1 fully saturated rings. The minimum Gasteiger partial charge on any atom is -0.367 e. The lowest BCUT2D eigenvalue weighted by atomic mass is 10.1. The molecule has 0 saturated heterocycles. The van der Waals surface area contributed by atoms with Crippen molar-refractivity contribution in [3.05, 3.63) is 34.2 Å². The first-order valence-corrected chi connectivity index (χ1v) is 6.12. The minimum atomic E-state index is -0.272. The molecule has 2 atom stereocenters. The first-order chi connectivity index (χ1) is 8.16. The number of carbonyl (C=O) groups is 1. The van der Waals surface area contributed by atoms with E-state index in [0.29, 0.717) is 12.5 Å². The highest BCUT2D eigenvalue weighted by molar-refractivity contribution is 5.93. The predicted octanol–water partition coefficient (Wildman–Crippen LogP) is 1.54. The van der Waals surface area contributed by atoms with Crippen LogP contribution in [0.3, 0.4) is 0 Å². The van der Waals surface area contributed by atoms with Gasteiger partial charge in [-0.2, -0.15) is 0 Å². The molecule has 0 spiro atoms. The van der Waals surface area contributed by atoms with Gasteiger partial charge in [0.25, 0.3) is 5.91 Å². The second-order valence-electron chi connectivity index (χ2n) is 4.92. The number of pyridine rings is 1. The monoisotopic (exact) mass is 234 g/mol. The van der Waals surface area contributed by atoms with Crippen LogP contribution in [0.2, 0.25) is 0 Å². The van der Waals surface area contributed by atoms with E-state index in [1.807, 2.05) is 0 Å². The zero-order chi connectivity index (χ0) is 12.3. The maximum Gasteiger partial charge on any atom is 0.256 e. The van der Waals surface area contributed by atoms with Crippen LogP contribution in [0, 0.1) is 11.8 Å². The molecule has 4 heteroatoms. The summed E-state index contributed by atoms with van der Waals surface area (Å²) in [5.41, 5.74) is -0.0421. The van der Waals surface area contributed by atoms with E-state index in [0.717, 1.165) is 5.92 Å². The molecule has 2 N–H and O–H groups in total. The van der Waals surface area contributed by atoms with Gasteiger partial charge in [-0.15, -0.1) is 0 Å². The first kappa shape index (κ1) is 11.9. The van der Waals surface area contributed by atoms with Crippen LogP contribution in [0.5, 0.6) is 0 Å². The van der Waals surface area contributed by atoms with E-state index in [-0.39, 0.29) is 16.9 Å². The van der Waals surface area contributed by atoms with Crippen LogP contribution in [0.25, 0.3) is 0 Å². The Morgan fingerprint density at radius 2 is 2.35 bits per heavy atom. The third-order valence-electron chi connectivity index (χ3n) is 3.42. The molecule has 17 heavy (non-hydrogen) atoms. The lowest BCUT2D eigenvalue weighted by molar-refractivity contribution is 0.0945. The number of aromatic nitrogens is 1. The number of amides is 1. The van der Waals surface area contributed by atoms with Crippen molar-refractivity contribution in [1.29, 1.82) is 0 Å². The zero-order valence-corrected chi connectivity index (χ0v) is 10.0. The van der Waals surface area contributed by atoms with Gasteiger partial charge in [-0.25, -0.2) is 0 Å². The molecule has 1 heterocycles. The Balaban J connectivity index is 1.90. The molecule has 1 aliphatic carbocycles. The average molecular weight is 234 g/mol. The Kier molecular flexibility index (Phi) is 3.61. The van der Waals surface area contributed by atoms with E-state index < -0.39 is 0 Å². The van der Waals surface area contributed by atoms with Gasteiger partial charge in [0, 0.05) is 25.0 Å². The Bertz CT molecular complexity index is 453. The van der Waals surface area contributed by atoms with E-state index >= 15 is 0 Å². The molecular formula is C13H18N2O2. The lowest BCUT2D eigenvalue weighted by Crippen LogP contribution is -2.31. The second kappa shape index (κ2) is 5.17. The van der Waals surface area contributed by atoms with Crippen LogP contribution in [0.15, 0.2) is 23.3 Å².